The third kappa shape index (κ3) is 4.80. The van der Waals surface area contributed by atoms with Gasteiger partial charge in [-0.3, -0.25) is 0 Å². The molecule has 0 aromatic rings. The summed E-state index contributed by atoms with van der Waals surface area (Å²) in [5.41, 5.74) is 5.04. The minimum Gasteiger partial charge on any atom is -0.409 e. The lowest BCUT2D eigenvalue weighted by molar-refractivity contribution is -0.155. The third-order valence-corrected chi connectivity index (χ3v) is 2.92. The molecule has 1 aliphatic carbocycles. The van der Waals surface area contributed by atoms with Gasteiger partial charge in [0.25, 0.3) is 0 Å². The van der Waals surface area contributed by atoms with Crippen LogP contribution in [0, 0.1) is 11.8 Å². The van der Waals surface area contributed by atoms with Gasteiger partial charge in [0.15, 0.2) is 5.84 Å². The Morgan fingerprint density at radius 2 is 2.12 bits per heavy atom. The van der Waals surface area contributed by atoms with Gasteiger partial charge in [-0.15, -0.1) is 0 Å². The van der Waals surface area contributed by atoms with E-state index in [9.17, 15) is 13.2 Å². The van der Waals surface area contributed by atoms with Crippen LogP contribution in [-0.4, -0.2) is 29.8 Å². The number of nitrogens with zero attached hydrogens (tertiary/aromatic N) is 1. The Balaban J connectivity index is 2.42. The molecule has 1 fully saturated rings. The van der Waals surface area contributed by atoms with E-state index in [2.05, 4.69) is 10.5 Å². The minimum absolute atomic E-state index is 0.0128. The Morgan fingerprint density at radius 3 is 2.53 bits per heavy atom. The number of nitrogens with one attached hydrogen (secondary N) is 1. The van der Waals surface area contributed by atoms with Crippen molar-refractivity contribution in [3.8, 4) is 0 Å². The van der Waals surface area contributed by atoms with Crippen molar-refractivity contribution in [2.24, 2.45) is 22.7 Å². The summed E-state index contributed by atoms with van der Waals surface area (Å²) in [6.45, 7) is 1.49. The zero-order valence-electron chi connectivity index (χ0n) is 9.67. The predicted molar refractivity (Wildman–Crippen MR) is 57.8 cm³/mol. The second kappa shape index (κ2) is 5.57. The SMILES string of the molecule is CC(CC1CC1)NCC(C(N)=NO)C(F)(F)F. The summed E-state index contributed by atoms with van der Waals surface area (Å²) in [5, 5.41) is 13.5. The van der Waals surface area contributed by atoms with E-state index in [0.717, 1.165) is 19.3 Å². The second-order valence-electron chi connectivity index (χ2n) is 4.61. The first-order chi connectivity index (χ1) is 7.84. The van der Waals surface area contributed by atoms with Crippen molar-refractivity contribution < 1.29 is 18.4 Å². The first-order valence-corrected chi connectivity index (χ1v) is 5.62. The van der Waals surface area contributed by atoms with Crippen molar-refractivity contribution in [3.05, 3.63) is 0 Å². The monoisotopic (exact) mass is 253 g/mol. The summed E-state index contributed by atoms with van der Waals surface area (Å²) in [4.78, 5) is 0. The highest BCUT2D eigenvalue weighted by Crippen LogP contribution is 2.33. The molecule has 1 aliphatic rings. The van der Waals surface area contributed by atoms with E-state index in [1.165, 1.54) is 0 Å². The topological polar surface area (TPSA) is 70.6 Å². The van der Waals surface area contributed by atoms with Gasteiger partial charge >= 0.3 is 6.18 Å². The lowest BCUT2D eigenvalue weighted by atomic mass is 10.1. The van der Waals surface area contributed by atoms with E-state index in [1.807, 2.05) is 6.92 Å². The fourth-order valence-corrected chi connectivity index (χ4v) is 1.71. The zero-order valence-corrected chi connectivity index (χ0v) is 9.67. The van der Waals surface area contributed by atoms with Crippen molar-refractivity contribution >= 4 is 5.84 Å². The number of alkyl halides is 3. The van der Waals surface area contributed by atoms with Gasteiger partial charge in [-0.1, -0.05) is 18.0 Å². The molecule has 0 bridgehead atoms. The molecule has 7 heteroatoms. The fourth-order valence-electron chi connectivity index (χ4n) is 1.71. The average Bonchev–Trinajstić information content (AvgIpc) is 2.99. The normalized spacial score (nSPS) is 21.3. The van der Waals surface area contributed by atoms with Gasteiger partial charge in [0, 0.05) is 12.6 Å². The second-order valence-corrected chi connectivity index (χ2v) is 4.61. The van der Waals surface area contributed by atoms with E-state index < -0.39 is 17.9 Å². The summed E-state index contributed by atoms with van der Waals surface area (Å²) < 4.78 is 37.7. The van der Waals surface area contributed by atoms with Crippen molar-refractivity contribution in [1.82, 2.24) is 5.32 Å². The predicted octanol–water partition coefficient (Wildman–Crippen LogP) is 1.69. The van der Waals surface area contributed by atoms with Crippen molar-refractivity contribution in [2.75, 3.05) is 6.54 Å². The Kier molecular flexibility index (Phi) is 4.62. The summed E-state index contributed by atoms with van der Waals surface area (Å²) in [6, 6.07) is 0.0128. The molecular weight excluding hydrogens is 235 g/mol. The highest BCUT2D eigenvalue weighted by atomic mass is 19.4. The van der Waals surface area contributed by atoms with Crippen molar-refractivity contribution in [1.29, 1.82) is 0 Å². The number of rotatable bonds is 6. The molecule has 0 amide bonds. The van der Waals surface area contributed by atoms with Crippen LogP contribution in [0.2, 0.25) is 0 Å². The number of oxime groups is 1. The summed E-state index contributed by atoms with van der Waals surface area (Å²) >= 11 is 0. The molecular formula is C10H18F3N3O. The van der Waals surface area contributed by atoms with Crippen LogP contribution in [0.15, 0.2) is 5.16 Å². The van der Waals surface area contributed by atoms with Crippen LogP contribution in [0.5, 0.6) is 0 Å². The Hall–Kier alpha value is -0.980. The fraction of sp³-hybridized carbons (Fsp3) is 0.900. The summed E-state index contributed by atoms with van der Waals surface area (Å²) in [6.07, 6.45) is -1.30. The maximum Gasteiger partial charge on any atom is 0.400 e. The van der Waals surface area contributed by atoms with Gasteiger partial charge in [0.05, 0.1) is 0 Å². The molecule has 4 N–H and O–H groups in total. The van der Waals surface area contributed by atoms with Crippen LogP contribution < -0.4 is 11.1 Å². The van der Waals surface area contributed by atoms with Gasteiger partial charge in [0.1, 0.15) is 5.92 Å². The Morgan fingerprint density at radius 1 is 1.53 bits per heavy atom. The van der Waals surface area contributed by atoms with E-state index in [4.69, 9.17) is 10.9 Å². The first kappa shape index (κ1) is 14.1. The maximum atomic E-state index is 12.6. The number of amidine groups is 1. The standard InChI is InChI=1S/C10H18F3N3O/c1-6(4-7-2-3-7)15-5-8(9(14)16-17)10(11,12)13/h6-8,15,17H,2-5H2,1H3,(H2,14,16). The molecule has 0 heterocycles. The molecule has 0 aliphatic heterocycles. The summed E-state index contributed by atoms with van der Waals surface area (Å²) in [5.74, 6) is -2.09. The Bertz CT molecular complexity index is 276. The van der Waals surface area contributed by atoms with Gasteiger partial charge in [-0.2, -0.15) is 13.2 Å². The van der Waals surface area contributed by atoms with Crippen LogP contribution >= 0.6 is 0 Å². The van der Waals surface area contributed by atoms with E-state index in [-0.39, 0.29) is 12.6 Å². The summed E-state index contributed by atoms with van der Waals surface area (Å²) in [7, 11) is 0. The molecule has 0 radical (unpaired) electrons. The van der Waals surface area contributed by atoms with E-state index >= 15 is 0 Å². The van der Waals surface area contributed by atoms with Crippen LogP contribution in [-0.2, 0) is 0 Å². The molecule has 100 valence electrons. The smallest absolute Gasteiger partial charge is 0.400 e. The molecule has 1 saturated carbocycles. The Labute approximate surface area is 98.0 Å². The van der Waals surface area contributed by atoms with Crippen LogP contribution in [0.1, 0.15) is 26.2 Å². The van der Waals surface area contributed by atoms with Crippen LogP contribution in [0.3, 0.4) is 0 Å². The average molecular weight is 253 g/mol. The molecule has 0 spiro atoms. The van der Waals surface area contributed by atoms with E-state index in [0.29, 0.717) is 5.92 Å². The molecule has 4 nitrogen and oxygen atoms in total. The number of hydrogen-bond donors (Lipinski definition) is 3. The molecule has 0 saturated heterocycles. The molecule has 17 heavy (non-hydrogen) atoms. The lowest BCUT2D eigenvalue weighted by Gasteiger charge is -2.22. The number of nitrogens with two attached hydrogens (primary N) is 1. The lowest BCUT2D eigenvalue weighted by Crippen LogP contribution is -2.44. The largest absolute Gasteiger partial charge is 0.409 e. The van der Waals surface area contributed by atoms with Crippen molar-refractivity contribution in [3.63, 3.8) is 0 Å². The first-order valence-electron chi connectivity index (χ1n) is 5.62. The van der Waals surface area contributed by atoms with Crippen LogP contribution in [0.25, 0.3) is 0 Å². The number of hydrogen-bond acceptors (Lipinski definition) is 3. The van der Waals surface area contributed by atoms with Crippen LogP contribution in [0.4, 0.5) is 13.2 Å². The van der Waals surface area contributed by atoms with E-state index in [1.54, 1.807) is 0 Å². The highest BCUT2D eigenvalue weighted by molar-refractivity contribution is 5.83. The van der Waals surface area contributed by atoms with Gasteiger partial charge in [0.2, 0.25) is 0 Å². The molecule has 2 unspecified atom stereocenters. The van der Waals surface area contributed by atoms with Gasteiger partial charge < -0.3 is 16.3 Å². The molecule has 0 aromatic heterocycles. The molecule has 1 rings (SSSR count). The van der Waals surface area contributed by atoms with Gasteiger partial charge in [-0.25, -0.2) is 0 Å². The zero-order chi connectivity index (χ0) is 13.1. The quantitative estimate of drug-likeness (QED) is 0.292. The molecule has 0 aromatic carbocycles. The third-order valence-electron chi connectivity index (χ3n) is 2.92. The van der Waals surface area contributed by atoms with Gasteiger partial charge in [-0.05, 0) is 19.3 Å². The van der Waals surface area contributed by atoms with Crippen molar-refractivity contribution in [2.45, 2.75) is 38.4 Å². The minimum atomic E-state index is -4.50. The highest BCUT2D eigenvalue weighted by Gasteiger charge is 2.42. The molecule has 2 atom stereocenters. The number of halogens is 3. The maximum absolute atomic E-state index is 12.6.